The lowest BCUT2D eigenvalue weighted by Crippen LogP contribution is -3.07. The van der Waals surface area contributed by atoms with Crippen LogP contribution in [0.25, 0.3) is 0 Å². The first-order valence-electron chi connectivity index (χ1n) is 16.9. The molecule has 4 atom stereocenters. The third-order valence-corrected chi connectivity index (χ3v) is 9.94. The van der Waals surface area contributed by atoms with E-state index < -0.39 is 12.3 Å². The number of hydrogen-bond acceptors (Lipinski definition) is 8. The second-order valence-electron chi connectivity index (χ2n) is 13.4. The van der Waals surface area contributed by atoms with Gasteiger partial charge in [0, 0.05) is 36.7 Å². The van der Waals surface area contributed by atoms with E-state index in [1.54, 1.807) is 12.1 Å². The number of hydrogen-bond donors (Lipinski definition) is 6. The van der Waals surface area contributed by atoms with E-state index in [9.17, 15) is 20.1 Å². The van der Waals surface area contributed by atoms with Gasteiger partial charge in [-0.15, -0.1) is 0 Å². The number of nitrogens with two attached hydrogens (primary N) is 2. The molecule has 9 nitrogen and oxygen atoms in total. The van der Waals surface area contributed by atoms with Gasteiger partial charge in [0.15, 0.2) is 11.5 Å². The van der Waals surface area contributed by atoms with Crippen molar-refractivity contribution < 1.29 is 29.8 Å². The highest BCUT2D eigenvalue weighted by Gasteiger charge is 2.47. The van der Waals surface area contributed by atoms with Gasteiger partial charge in [0.25, 0.3) is 0 Å². The molecule has 0 saturated heterocycles. The van der Waals surface area contributed by atoms with Crippen LogP contribution in [-0.2, 0) is 16.6 Å². The summed E-state index contributed by atoms with van der Waals surface area (Å²) < 4.78 is 6.13. The molecule has 46 heavy (non-hydrogen) atoms. The number of aromatic hydroxyl groups is 1. The second-order valence-corrected chi connectivity index (χ2v) is 13.4. The maximum Gasteiger partial charge on any atom is 0.227 e. The Kier molecular flexibility index (Phi) is 11.5. The lowest BCUT2D eigenvalue weighted by Gasteiger charge is -2.32. The number of quaternary nitrogens is 1. The lowest BCUT2D eigenvalue weighted by molar-refractivity contribution is -0.855. The quantitative estimate of drug-likeness (QED) is 0.115. The van der Waals surface area contributed by atoms with Crippen molar-refractivity contribution in [1.82, 2.24) is 0 Å². The molecule has 0 aromatic heterocycles. The van der Waals surface area contributed by atoms with Gasteiger partial charge in [-0.1, -0.05) is 56.5 Å². The van der Waals surface area contributed by atoms with Gasteiger partial charge in [0.1, 0.15) is 24.2 Å². The SMILES string of the molecule is CCCCC[C@@H](O)CC(=O)CCc1ccc(O)c(OC[NH+]2C=C3N=CC([C@@]4(c5cccc(C(N)N)c5)CC[C@H](CCO)C4)=C3C2)c1. The summed E-state index contributed by atoms with van der Waals surface area (Å²) >= 11 is 0. The Morgan fingerprint density at radius 3 is 2.83 bits per heavy atom. The maximum absolute atomic E-state index is 12.5. The molecule has 1 aliphatic carbocycles. The van der Waals surface area contributed by atoms with E-state index in [4.69, 9.17) is 21.2 Å². The molecular formula is C37H51N4O5+. The summed E-state index contributed by atoms with van der Waals surface area (Å²) in [6, 6.07) is 13.5. The molecule has 0 spiro atoms. The number of phenolic OH excluding ortho intramolecular Hbond substituents is 1. The van der Waals surface area contributed by atoms with Crippen LogP contribution in [0.3, 0.4) is 0 Å². The number of carbonyl (C=O) groups excluding carboxylic acids is 1. The van der Waals surface area contributed by atoms with Crippen molar-refractivity contribution in [1.29, 1.82) is 0 Å². The average molecular weight is 632 g/mol. The van der Waals surface area contributed by atoms with Gasteiger partial charge in [-0.25, -0.2) is 0 Å². The molecule has 0 amide bonds. The first kappa shape index (κ1) is 34.0. The molecule has 1 fully saturated rings. The summed E-state index contributed by atoms with van der Waals surface area (Å²) in [4.78, 5) is 18.4. The van der Waals surface area contributed by atoms with Crippen molar-refractivity contribution >= 4 is 12.0 Å². The molecule has 8 N–H and O–H groups in total. The van der Waals surface area contributed by atoms with Gasteiger partial charge in [-0.05, 0) is 78.8 Å². The second kappa shape index (κ2) is 15.5. The zero-order valence-electron chi connectivity index (χ0n) is 27.1. The van der Waals surface area contributed by atoms with Crippen molar-refractivity contribution in [3.8, 4) is 11.5 Å². The Morgan fingerprint density at radius 1 is 1.20 bits per heavy atom. The van der Waals surface area contributed by atoms with Gasteiger partial charge in [-0.2, -0.15) is 0 Å². The predicted octanol–water partition coefficient (Wildman–Crippen LogP) is 3.72. The zero-order valence-corrected chi connectivity index (χ0v) is 27.1. The number of allylic oxidation sites excluding steroid dienone is 1. The minimum absolute atomic E-state index is 0.0455. The molecule has 1 unspecified atom stereocenters. The third-order valence-electron chi connectivity index (χ3n) is 9.94. The minimum Gasteiger partial charge on any atom is -0.504 e. The number of aryl methyl sites for hydroxylation is 1. The number of nitrogens with zero attached hydrogens (tertiary/aromatic N) is 1. The number of Topliss-reactive ketones (excluding diaryl/α,β-unsaturated/α-hetero) is 1. The monoisotopic (exact) mass is 631 g/mol. The van der Waals surface area contributed by atoms with Crippen LogP contribution < -0.4 is 21.1 Å². The molecule has 5 rings (SSSR count). The van der Waals surface area contributed by atoms with Crippen LogP contribution in [0, 0.1) is 5.92 Å². The summed E-state index contributed by atoms with van der Waals surface area (Å²) in [7, 11) is 0. The van der Waals surface area contributed by atoms with E-state index in [0.717, 1.165) is 66.7 Å². The smallest absolute Gasteiger partial charge is 0.227 e. The fraction of sp³-hybridized carbons (Fsp3) is 0.514. The van der Waals surface area contributed by atoms with Crippen LogP contribution >= 0.6 is 0 Å². The van der Waals surface area contributed by atoms with E-state index >= 15 is 0 Å². The fourth-order valence-corrected chi connectivity index (χ4v) is 7.38. The molecule has 1 saturated carbocycles. The number of aliphatic hydroxyl groups excluding tert-OH is 2. The number of aliphatic imine (C=N–C) groups is 1. The van der Waals surface area contributed by atoms with Gasteiger partial charge in [0.05, 0.1) is 12.3 Å². The molecule has 2 aliphatic heterocycles. The van der Waals surface area contributed by atoms with E-state index in [1.807, 2.05) is 24.4 Å². The number of carbonyl (C=O) groups is 1. The largest absolute Gasteiger partial charge is 0.504 e. The molecule has 2 aromatic carbocycles. The topological polar surface area (TPSA) is 156 Å². The number of fused-ring (bicyclic) bond motifs is 1. The van der Waals surface area contributed by atoms with Gasteiger partial charge in [0.2, 0.25) is 6.73 Å². The van der Waals surface area contributed by atoms with Crippen molar-refractivity contribution in [2.45, 2.75) is 95.2 Å². The van der Waals surface area contributed by atoms with Gasteiger partial charge in [-0.3, -0.25) is 14.7 Å². The Balaban J connectivity index is 1.24. The number of ether oxygens (including phenoxy) is 1. The summed E-state index contributed by atoms with van der Waals surface area (Å²) in [6.07, 6.45) is 11.5. The van der Waals surface area contributed by atoms with Crippen molar-refractivity contribution in [2.24, 2.45) is 22.4 Å². The predicted molar refractivity (Wildman–Crippen MR) is 179 cm³/mol. The van der Waals surface area contributed by atoms with Crippen molar-refractivity contribution in [3.05, 3.63) is 82.2 Å². The van der Waals surface area contributed by atoms with Crippen LogP contribution in [-0.4, -0.2) is 53.3 Å². The lowest BCUT2D eigenvalue weighted by atomic mass is 9.70. The normalized spacial score (nSPS) is 22.9. The Bertz CT molecular complexity index is 1470. The number of phenols is 1. The molecule has 2 heterocycles. The number of ketones is 1. The molecule has 0 bridgehead atoms. The maximum atomic E-state index is 12.5. The van der Waals surface area contributed by atoms with Crippen LogP contribution in [0.4, 0.5) is 0 Å². The number of unbranched alkanes of at least 4 members (excludes halogenated alkanes) is 2. The standard InChI is InChI=1S/C37H50N4O5/c1-2-3-4-8-29(43)19-30(44)11-9-25-10-12-34(45)35(17-25)46-24-41-22-31-32(21-40-33(31)23-41)37(15-13-26(20-37)14-16-42)28-7-5-6-27(18-28)36(38)39/h5-7,10,12,17-18,21,23,26,29,36,42-43,45H,2-4,8-9,11,13-16,19-20,22,24,38-39H2,1H3/p+1/t26-,29-,37+/m1/s1. The molecule has 9 heteroatoms. The molecule has 3 aliphatic rings. The first-order chi connectivity index (χ1) is 22.2. The highest BCUT2D eigenvalue weighted by molar-refractivity contribution is 5.90. The number of aliphatic hydroxyl groups is 2. The van der Waals surface area contributed by atoms with Crippen molar-refractivity contribution in [3.63, 3.8) is 0 Å². The molecule has 2 aromatic rings. The minimum atomic E-state index is -0.574. The van der Waals surface area contributed by atoms with E-state index in [1.165, 1.54) is 16.7 Å². The fourth-order valence-electron chi connectivity index (χ4n) is 7.38. The molecule has 0 radical (unpaired) electrons. The first-order valence-corrected chi connectivity index (χ1v) is 16.9. The van der Waals surface area contributed by atoms with Crippen LogP contribution in [0.1, 0.15) is 94.0 Å². The van der Waals surface area contributed by atoms with E-state index in [2.05, 4.69) is 25.3 Å². The van der Waals surface area contributed by atoms with E-state index in [-0.39, 0.29) is 30.0 Å². The van der Waals surface area contributed by atoms with Crippen LogP contribution in [0.5, 0.6) is 11.5 Å². The highest BCUT2D eigenvalue weighted by atomic mass is 16.5. The third kappa shape index (κ3) is 7.96. The summed E-state index contributed by atoms with van der Waals surface area (Å²) in [6.45, 7) is 3.32. The number of benzene rings is 2. The van der Waals surface area contributed by atoms with Crippen molar-refractivity contribution in [2.75, 3.05) is 19.9 Å². The van der Waals surface area contributed by atoms with Crippen LogP contribution in [0.15, 0.2) is 70.5 Å². The Morgan fingerprint density at radius 2 is 2.04 bits per heavy atom. The molecule has 248 valence electrons. The zero-order chi connectivity index (χ0) is 32.7. The summed E-state index contributed by atoms with van der Waals surface area (Å²) in [5.74, 6) is 0.913. The number of nitrogens with one attached hydrogen (secondary N) is 1. The van der Waals surface area contributed by atoms with Crippen LogP contribution in [0.2, 0.25) is 0 Å². The Labute approximate surface area is 272 Å². The molecular weight excluding hydrogens is 580 g/mol. The highest BCUT2D eigenvalue weighted by Crippen LogP contribution is 2.52. The van der Waals surface area contributed by atoms with Gasteiger partial charge >= 0.3 is 0 Å². The number of rotatable bonds is 17. The summed E-state index contributed by atoms with van der Waals surface area (Å²) in [5.41, 5.74) is 18.3. The Hall–Kier alpha value is -3.34. The van der Waals surface area contributed by atoms with E-state index in [0.29, 0.717) is 44.2 Å². The average Bonchev–Trinajstić information content (AvgIpc) is 3.76. The van der Waals surface area contributed by atoms with Gasteiger partial charge < -0.3 is 31.5 Å². The summed E-state index contributed by atoms with van der Waals surface area (Å²) in [5, 5.41) is 30.4.